The second-order valence-electron chi connectivity index (χ2n) is 4.68. The molecule has 2 aromatic carbocycles. The van der Waals surface area contributed by atoms with Crippen LogP contribution in [0.4, 0.5) is 0 Å². The van der Waals surface area contributed by atoms with Gasteiger partial charge in [0.05, 0.1) is 13.7 Å². The van der Waals surface area contributed by atoms with Crippen molar-refractivity contribution >= 4 is 6.21 Å². The quantitative estimate of drug-likeness (QED) is 0.802. The molecule has 0 amide bonds. The number of ether oxygens (including phenoxy) is 1. The Balaban J connectivity index is 1.93. The summed E-state index contributed by atoms with van der Waals surface area (Å²) >= 11 is 0. The van der Waals surface area contributed by atoms with Gasteiger partial charge in [0.15, 0.2) is 0 Å². The molecule has 2 aromatic rings. The first-order chi connectivity index (χ1) is 10.2. The van der Waals surface area contributed by atoms with Gasteiger partial charge in [-0.05, 0) is 35.7 Å². The van der Waals surface area contributed by atoms with Gasteiger partial charge < -0.3 is 14.9 Å². The maximum Gasteiger partial charge on any atom is 0.124 e. The van der Waals surface area contributed by atoms with Gasteiger partial charge in [-0.15, -0.1) is 0 Å². The van der Waals surface area contributed by atoms with Gasteiger partial charge >= 0.3 is 0 Å². The van der Waals surface area contributed by atoms with E-state index in [9.17, 15) is 5.11 Å². The van der Waals surface area contributed by atoms with E-state index >= 15 is 0 Å². The Kier molecular flexibility index (Phi) is 5.35. The average Bonchev–Trinajstić information content (AvgIpc) is 2.53. The highest BCUT2D eigenvalue weighted by Crippen LogP contribution is 2.21. The van der Waals surface area contributed by atoms with Crippen LogP contribution in [0.25, 0.3) is 0 Å². The molecule has 0 atom stereocenters. The monoisotopic (exact) mass is 285 g/mol. The molecular weight excluding hydrogens is 266 g/mol. The summed E-state index contributed by atoms with van der Waals surface area (Å²) in [5.41, 5.74) is 2.72. The third-order valence-electron chi connectivity index (χ3n) is 3.20. The average molecular weight is 285 g/mol. The zero-order chi connectivity index (χ0) is 15.1. The van der Waals surface area contributed by atoms with Crippen molar-refractivity contribution in [2.45, 2.75) is 13.0 Å². The fourth-order valence-corrected chi connectivity index (χ4v) is 1.93. The summed E-state index contributed by atoms with van der Waals surface area (Å²) in [4.78, 5) is 4.33. The van der Waals surface area contributed by atoms with E-state index in [1.54, 1.807) is 31.5 Å². The number of hydrogen-bond donors (Lipinski definition) is 2. The Morgan fingerprint density at radius 3 is 2.48 bits per heavy atom. The highest BCUT2D eigenvalue weighted by atomic mass is 16.5. The number of hydrogen-bond acceptors (Lipinski definition) is 4. The van der Waals surface area contributed by atoms with Crippen LogP contribution < -0.4 is 4.74 Å². The summed E-state index contributed by atoms with van der Waals surface area (Å²) in [6.45, 7) is 0.697. The number of aliphatic hydroxyl groups is 1. The summed E-state index contributed by atoms with van der Waals surface area (Å²) in [5.74, 6) is 0.876. The van der Waals surface area contributed by atoms with Gasteiger partial charge in [-0.1, -0.05) is 24.3 Å². The van der Waals surface area contributed by atoms with Crippen molar-refractivity contribution in [2.75, 3.05) is 13.7 Å². The van der Waals surface area contributed by atoms with Crippen molar-refractivity contribution in [3.63, 3.8) is 0 Å². The summed E-state index contributed by atoms with van der Waals surface area (Å²) in [6.07, 6.45) is 2.47. The fourth-order valence-electron chi connectivity index (χ4n) is 1.93. The van der Waals surface area contributed by atoms with Gasteiger partial charge in [0, 0.05) is 18.3 Å². The summed E-state index contributed by atoms with van der Waals surface area (Å²) < 4.78 is 5.11. The van der Waals surface area contributed by atoms with Crippen LogP contribution in [-0.2, 0) is 13.0 Å². The molecule has 4 heteroatoms. The number of phenols is 1. The number of benzene rings is 2. The van der Waals surface area contributed by atoms with Crippen LogP contribution in [0.2, 0.25) is 0 Å². The number of aliphatic imine (C=N–C) groups is 1. The van der Waals surface area contributed by atoms with Crippen LogP contribution in [0.3, 0.4) is 0 Å². The lowest BCUT2D eigenvalue weighted by Gasteiger charge is -2.03. The lowest BCUT2D eigenvalue weighted by Crippen LogP contribution is -1.92. The van der Waals surface area contributed by atoms with Crippen LogP contribution in [-0.4, -0.2) is 30.1 Å². The molecule has 0 fully saturated rings. The second kappa shape index (κ2) is 7.45. The first-order valence-electron chi connectivity index (χ1n) is 6.78. The minimum absolute atomic E-state index is 0.0630. The van der Waals surface area contributed by atoms with Crippen molar-refractivity contribution in [2.24, 2.45) is 4.99 Å². The minimum Gasteiger partial charge on any atom is -0.507 e. The van der Waals surface area contributed by atoms with Crippen molar-refractivity contribution in [3.05, 3.63) is 59.2 Å². The van der Waals surface area contributed by atoms with Crippen LogP contribution in [0.1, 0.15) is 16.7 Å². The molecule has 0 spiro atoms. The molecule has 0 heterocycles. The molecule has 0 saturated heterocycles. The molecule has 2 N–H and O–H groups in total. The largest absolute Gasteiger partial charge is 0.507 e. The molecule has 4 nitrogen and oxygen atoms in total. The fraction of sp³-hybridized carbons (Fsp3) is 0.235. The van der Waals surface area contributed by atoms with Crippen LogP contribution in [0, 0.1) is 0 Å². The van der Waals surface area contributed by atoms with Crippen LogP contribution >= 0.6 is 0 Å². The molecule has 2 rings (SSSR count). The number of rotatable bonds is 6. The predicted molar refractivity (Wildman–Crippen MR) is 83.2 cm³/mol. The predicted octanol–water partition coefficient (Wildman–Crippen LogP) is 2.55. The Bertz CT molecular complexity index is 606. The number of aromatic hydroxyl groups is 1. The molecule has 0 aliphatic carbocycles. The van der Waals surface area contributed by atoms with Crippen molar-refractivity contribution < 1.29 is 14.9 Å². The number of nitrogens with zero attached hydrogens (tertiary/aromatic N) is 1. The van der Waals surface area contributed by atoms with E-state index in [-0.39, 0.29) is 12.4 Å². The molecular formula is C17H19NO3. The molecule has 0 saturated carbocycles. The number of phenolic OH excluding ortho intramolecular Hbond substituents is 1. The maximum atomic E-state index is 9.73. The molecule has 21 heavy (non-hydrogen) atoms. The van der Waals surface area contributed by atoms with E-state index in [1.165, 1.54) is 5.56 Å². The number of aliphatic hydroxyl groups excluding tert-OH is 1. The molecule has 0 aromatic heterocycles. The first kappa shape index (κ1) is 15.1. The Morgan fingerprint density at radius 2 is 1.81 bits per heavy atom. The minimum atomic E-state index is 0.0630. The molecule has 110 valence electrons. The molecule has 0 bridgehead atoms. The van der Waals surface area contributed by atoms with Gasteiger partial charge in [-0.25, -0.2) is 0 Å². The summed E-state index contributed by atoms with van der Waals surface area (Å²) in [6, 6.07) is 12.8. The van der Waals surface area contributed by atoms with E-state index in [4.69, 9.17) is 9.84 Å². The Labute approximate surface area is 124 Å². The molecule has 0 unspecified atom stereocenters. The van der Waals surface area contributed by atoms with Crippen molar-refractivity contribution in [3.8, 4) is 11.5 Å². The highest BCUT2D eigenvalue weighted by Gasteiger charge is 2.00. The molecule has 0 radical (unpaired) electrons. The van der Waals surface area contributed by atoms with Crippen LogP contribution in [0.15, 0.2) is 47.5 Å². The molecule has 0 aliphatic heterocycles. The van der Waals surface area contributed by atoms with Crippen LogP contribution in [0.5, 0.6) is 11.5 Å². The van der Waals surface area contributed by atoms with Gasteiger partial charge in [-0.2, -0.15) is 0 Å². The van der Waals surface area contributed by atoms with E-state index in [1.807, 2.05) is 24.3 Å². The zero-order valence-electron chi connectivity index (χ0n) is 12.0. The third kappa shape index (κ3) is 4.33. The van der Waals surface area contributed by atoms with Gasteiger partial charge in [0.25, 0.3) is 0 Å². The van der Waals surface area contributed by atoms with E-state index < -0.39 is 0 Å². The van der Waals surface area contributed by atoms with Gasteiger partial charge in [-0.3, -0.25) is 4.99 Å². The summed E-state index contributed by atoms with van der Waals surface area (Å²) in [5, 5.41) is 18.7. The maximum absolute atomic E-state index is 9.73. The smallest absolute Gasteiger partial charge is 0.124 e. The van der Waals surface area contributed by atoms with Crippen molar-refractivity contribution in [1.82, 2.24) is 0 Å². The SMILES string of the molecule is COc1ccc(O)c(C=NCCc2ccc(CO)cc2)c1. The Morgan fingerprint density at radius 1 is 1.10 bits per heavy atom. The first-order valence-corrected chi connectivity index (χ1v) is 6.78. The highest BCUT2D eigenvalue weighted by molar-refractivity contribution is 5.84. The van der Waals surface area contributed by atoms with Gasteiger partial charge in [0.2, 0.25) is 0 Å². The van der Waals surface area contributed by atoms with E-state index in [0.29, 0.717) is 17.9 Å². The van der Waals surface area contributed by atoms with E-state index in [0.717, 1.165) is 12.0 Å². The molecule has 0 aliphatic rings. The zero-order valence-corrected chi connectivity index (χ0v) is 12.0. The van der Waals surface area contributed by atoms with Crippen molar-refractivity contribution in [1.29, 1.82) is 0 Å². The topological polar surface area (TPSA) is 62.0 Å². The normalized spacial score (nSPS) is 11.0. The van der Waals surface area contributed by atoms with Gasteiger partial charge in [0.1, 0.15) is 11.5 Å². The lowest BCUT2D eigenvalue weighted by atomic mass is 10.1. The standard InChI is InChI=1S/C17H19NO3/c1-21-16-6-7-17(20)15(10-16)11-18-9-8-13-2-4-14(12-19)5-3-13/h2-7,10-11,19-20H,8-9,12H2,1H3. The lowest BCUT2D eigenvalue weighted by molar-refractivity contribution is 0.282. The third-order valence-corrected chi connectivity index (χ3v) is 3.20. The summed E-state index contributed by atoms with van der Waals surface area (Å²) in [7, 11) is 1.59. The number of methoxy groups -OCH3 is 1. The van der Waals surface area contributed by atoms with E-state index in [2.05, 4.69) is 4.99 Å². The Hall–Kier alpha value is -2.33. The second-order valence-corrected chi connectivity index (χ2v) is 4.68.